The highest BCUT2D eigenvalue weighted by molar-refractivity contribution is 6.23. The Labute approximate surface area is 247 Å². The molecule has 0 saturated carbocycles. The van der Waals surface area contributed by atoms with E-state index in [-0.39, 0.29) is 41.4 Å². The number of rotatable bonds is 6. The smallest absolute Gasteiger partial charge is 0.405 e. The van der Waals surface area contributed by atoms with E-state index in [1.165, 1.54) is 20.3 Å². The van der Waals surface area contributed by atoms with Crippen LogP contribution in [0.4, 0.5) is 4.79 Å². The summed E-state index contributed by atoms with van der Waals surface area (Å²) in [6.07, 6.45) is 5.34. The van der Waals surface area contributed by atoms with Gasteiger partial charge in [-0.25, -0.2) is 4.79 Å². The van der Waals surface area contributed by atoms with E-state index in [1.54, 1.807) is 45.1 Å². The quantitative estimate of drug-likeness (QED) is 0.271. The number of fused-ring (bicyclic) bond motifs is 2. The number of hydrogen-bond acceptors (Lipinski definition) is 9. The van der Waals surface area contributed by atoms with Crippen molar-refractivity contribution in [2.45, 2.75) is 65.0 Å². The van der Waals surface area contributed by atoms with Gasteiger partial charge < -0.3 is 35.7 Å². The fourth-order valence-electron chi connectivity index (χ4n) is 4.95. The third-order valence-corrected chi connectivity index (χ3v) is 7.22. The summed E-state index contributed by atoms with van der Waals surface area (Å²) in [5.74, 6) is -2.14. The maximum atomic E-state index is 13.5. The lowest BCUT2D eigenvalue weighted by Crippen LogP contribution is -2.37. The Morgan fingerprint density at radius 3 is 2.50 bits per heavy atom. The Bertz CT molecular complexity index is 1210. The third-order valence-electron chi connectivity index (χ3n) is 7.22. The van der Waals surface area contributed by atoms with Crippen molar-refractivity contribution in [1.82, 2.24) is 10.6 Å². The Morgan fingerprint density at radius 2 is 1.90 bits per heavy atom. The van der Waals surface area contributed by atoms with E-state index in [4.69, 9.17) is 19.9 Å². The molecule has 2 bridgehead atoms. The predicted molar refractivity (Wildman–Crippen MR) is 158 cm³/mol. The summed E-state index contributed by atoms with van der Waals surface area (Å²) >= 11 is 0. The molecule has 5 N–H and O–H groups in total. The van der Waals surface area contributed by atoms with Crippen LogP contribution >= 0.6 is 0 Å². The summed E-state index contributed by atoms with van der Waals surface area (Å²) in [5.41, 5.74) is 6.42. The van der Waals surface area contributed by atoms with Crippen LogP contribution < -0.4 is 16.4 Å². The van der Waals surface area contributed by atoms with Crippen molar-refractivity contribution in [3.63, 3.8) is 0 Å². The second kappa shape index (κ2) is 16.0. The van der Waals surface area contributed by atoms with Crippen LogP contribution in [-0.4, -0.2) is 73.9 Å². The van der Waals surface area contributed by atoms with E-state index < -0.39 is 53.9 Å². The molecular formula is C31H43N3O8. The van der Waals surface area contributed by atoms with Crippen molar-refractivity contribution in [1.29, 1.82) is 0 Å². The maximum Gasteiger partial charge on any atom is 0.405 e. The van der Waals surface area contributed by atoms with E-state index >= 15 is 0 Å². The number of amides is 2. The number of nitrogens with two attached hydrogens (primary N) is 1. The van der Waals surface area contributed by atoms with Gasteiger partial charge in [0, 0.05) is 43.9 Å². The Kier molecular flexibility index (Phi) is 13.1. The minimum atomic E-state index is -1.00. The summed E-state index contributed by atoms with van der Waals surface area (Å²) in [7, 11) is 2.92. The lowest BCUT2D eigenvalue weighted by Gasteiger charge is -2.30. The molecule has 1 heterocycles. The number of Topliss-reactive ketones (excluding diaryl/α,β-unsaturated/α-hetero) is 1. The zero-order chi connectivity index (χ0) is 31.6. The minimum Gasteiger partial charge on any atom is -0.439 e. The highest BCUT2D eigenvalue weighted by Gasteiger charge is 2.33. The average molecular weight is 586 g/mol. The number of carbonyl (C=O) groups is 4. The molecule has 11 nitrogen and oxygen atoms in total. The van der Waals surface area contributed by atoms with E-state index in [1.807, 2.05) is 6.92 Å². The second-order valence-electron chi connectivity index (χ2n) is 10.6. The second-order valence-corrected chi connectivity index (χ2v) is 10.6. The lowest BCUT2D eigenvalue weighted by molar-refractivity contribution is -0.120. The average Bonchev–Trinajstić information content (AvgIpc) is 2.94. The Hall–Kier alpha value is -3.80. The summed E-state index contributed by atoms with van der Waals surface area (Å²) < 4.78 is 16.6. The molecule has 1 aliphatic carbocycles. The van der Waals surface area contributed by atoms with Gasteiger partial charge in [0.05, 0.1) is 23.6 Å². The van der Waals surface area contributed by atoms with Gasteiger partial charge in [-0.2, -0.15) is 0 Å². The monoisotopic (exact) mass is 585 g/mol. The van der Waals surface area contributed by atoms with Gasteiger partial charge in [0.2, 0.25) is 11.6 Å². The van der Waals surface area contributed by atoms with Crippen molar-refractivity contribution < 1.29 is 38.5 Å². The van der Waals surface area contributed by atoms with Crippen molar-refractivity contribution in [2.75, 3.05) is 20.8 Å². The summed E-state index contributed by atoms with van der Waals surface area (Å²) in [5, 5.41) is 16.7. The number of aliphatic hydroxyl groups excluding tert-OH is 1. The number of carbonyl (C=O) groups excluding carboxylic acids is 4. The highest BCUT2D eigenvalue weighted by atomic mass is 16.6. The lowest BCUT2D eigenvalue weighted by atomic mass is 9.85. The molecule has 0 fully saturated rings. The van der Waals surface area contributed by atoms with Crippen molar-refractivity contribution in [2.24, 2.45) is 17.6 Å². The van der Waals surface area contributed by atoms with Gasteiger partial charge in [-0.15, -0.1) is 6.58 Å². The van der Waals surface area contributed by atoms with Gasteiger partial charge in [-0.3, -0.25) is 14.4 Å². The van der Waals surface area contributed by atoms with E-state index in [9.17, 15) is 24.3 Å². The van der Waals surface area contributed by atoms with Crippen molar-refractivity contribution in [3.8, 4) is 0 Å². The minimum absolute atomic E-state index is 0.132. The Morgan fingerprint density at radius 1 is 1.21 bits per heavy atom. The summed E-state index contributed by atoms with van der Waals surface area (Å²) in [4.78, 5) is 51.3. The van der Waals surface area contributed by atoms with Crippen molar-refractivity contribution in [3.05, 3.63) is 71.1 Å². The number of ether oxygens (including phenoxy) is 3. The van der Waals surface area contributed by atoms with Crippen LogP contribution in [0.2, 0.25) is 0 Å². The first-order valence-corrected chi connectivity index (χ1v) is 13.8. The number of hydrogen-bond donors (Lipinski definition) is 4. The molecule has 0 aromatic heterocycles. The number of nitrogens with one attached hydrogen (secondary N) is 2. The molecule has 230 valence electrons. The number of allylic oxidation sites excluding steroid dienone is 4. The summed E-state index contributed by atoms with van der Waals surface area (Å²) in [6, 6.07) is 0. The number of ketones is 2. The summed E-state index contributed by atoms with van der Waals surface area (Å²) in [6.45, 7) is 10.9. The maximum absolute atomic E-state index is 13.5. The van der Waals surface area contributed by atoms with E-state index in [2.05, 4.69) is 17.2 Å². The first kappa shape index (κ1) is 34.4. The molecule has 0 unspecified atom stereocenters. The first-order valence-electron chi connectivity index (χ1n) is 13.8. The molecule has 0 aromatic rings. The zero-order valence-electron chi connectivity index (χ0n) is 25.1. The van der Waals surface area contributed by atoms with Crippen LogP contribution in [0.3, 0.4) is 0 Å². The SMILES string of the molecule is C=CCNC1=C2C[C@@H](C)C[C@H](OC)[C@H](O)[C@@H](C)/C=C(/C)[C@H](OC(N)=O)[C@@H](OC)/C=C/C=C(\C)C(=O)NC(=CC1=O)C2=O. The van der Waals surface area contributed by atoms with Crippen molar-refractivity contribution >= 4 is 23.6 Å². The standard InChI is InChI=1S/C31H43N3O8/c1-8-12-33-26-21-13-17(2)14-25(41-7)27(36)19(4)15-20(5)29(42-31(32)39)24(40-6)11-9-10-18(3)30(38)34-22(28(21)37)16-23(26)35/h8-11,15-17,19,24-25,27,29,33,36H,1,12-14H2,2-7H3,(H2,32,39)(H,34,38)/b11-9+,18-10+,20-15-/t17-,19+,24+,25+,27-,29+/m1/s1. The molecule has 6 atom stereocenters. The van der Waals surface area contributed by atoms with Gasteiger partial charge in [-0.05, 0) is 38.2 Å². The molecule has 11 heteroatoms. The Balaban J connectivity index is 2.62. The number of primary amides is 1. The molecule has 42 heavy (non-hydrogen) atoms. The molecule has 0 spiro atoms. The van der Waals surface area contributed by atoms with Crippen LogP contribution in [0.5, 0.6) is 0 Å². The van der Waals surface area contributed by atoms with Gasteiger partial charge in [-0.1, -0.05) is 44.2 Å². The molecule has 1 aliphatic heterocycles. The number of aliphatic hydroxyl groups is 1. The van der Waals surface area contributed by atoms with Crippen LogP contribution in [0.1, 0.15) is 40.5 Å². The normalized spacial score (nSPS) is 31.6. The highest BCUT2D eigenvalue weighted by Crippen LogP contribution is 2.28. The molecule has 2 amide bonds. The van der Waals surface area contributed by atoms with Gasteiger partial charge in [0.25, 0.3) is 5.91 Å². The predicted octanol–water partition coefficient (Wildman–Crippen LogP) is 2.54. The zero-order valence-corrected chi connectivity index (χ0v) is 25.1. The van der Waals surface area contributed by atoms with Gasteiger partial charge in [0.15, 0.2) is 6.10 Å². The van der Waals surface area contributed by atoms with Crippen LogP contribution in [0.25, 0.3) is 0 Å². The first-order chi connectivity index (χ1) is 19.8. The van der Waals surface area contributed by atoms with Crippen LogP contribution in [-0.2, 0) is 28.6 Å². The fourth-order valence-corrected chi connectivity index (χ4v) is 4.95. The fraction of sp³-hybridized carbons (Fsp3) is 0.484. The van der Waals surface area contributed by atoms with Crippen LogP contribution in [0, 0.1) is 11.8 Å². The van der Waals surface area contributed by atoms with Gasteiger partial charge >= 0.3 is 6.09 Å². The molecule has 0 radical (unpaired) electrons. The molecular weight excluding hydrogens is 542 g/mol. The topological polar surface area (TPSA) is 166 Å². The molecule has 2 rings (SSSR count). The van der Waals surface area contributed by atoms with Crippen LogP contribution in [0.15, 0.2) is 71.1 Å². The van der Waals surface area contributed by atoms with Gasteiger partial charge in [0.1, 0.15) is 6.10 Å². The molecule has 0 saturated heterocycles. The molecule has 0 aromatic carbocycles. The van der Waals surface area contributed by atoms with E-state index in [0.29, 0.717) is 12.0 Å². The molecule has 2 aliphatic rings. The van der Waals surface area contributed by atoms with E-state index in [0.717, 1.165) is 6.08 Å². The number of methoxy groups -OCH3 is 2. The third kappa shape index (κ3) is 9.10. The largest absolute Gasteiger partial charge is 0.439 e.